The Bertz CT molecular complexity index is 615. The third kappa shape index (κ3) is 3.64. The Hall–Kier alpha value is -1.81. The molecule has 0 aliphatic carbocycles. The van der Waals surface area contributed by atoms with Crippen molar-refractivity contribution in [1.29, 1.82) is 0 Å². The number of benzene rings is 1. The Kier molecular flexibility index (Phi) is 5.02. The van der Waals surface area contributed by atoms with E-state index in [9.17, 15) is 4.39 Å². The minimum atomic E-state index is -0.222. The number of hydrogen-bond acceptors (Lipinski definition) is 3. The standard InChI is InChI=1S/C17H22FN3/c1-5-8-19-10-15-12(3)20-17(21-13(15)4)14-7-6-11(2)16(18)9-14/h6-7,9,19H,5,8,10H2,1-4H3. The van der Waals surface area contributed by atoms with Crippen molar-refractivity contribution in [3.05, 3.63) is 46.5 Å². The predicted octanol–water partition coefficient (Wildman–Crippen LogP) is 3.71. The van der Waals surface area contributed by atoms with Crippen molar-refractivity contribution >= 4 is 0 Å². The molecule has 21 heavy (non-hydrogen) atoms. The number of aromatic nitrogens is 2. The molecule has 0 aliphatic heterocycles. The van der Waals surface area contributed by atoms with Crippen molar-refractivity contribution in [3.8, 4) is 11.4 Å². The van der Waals surface area contributed by atoms with Gasteiger partial charge in [-0.05, 0) is 45.4 Å². The molecule has 0 unspecified atom stereocenters. The summed E-state index contributed by atoms with van der Waals surface area (Å²) in [7, 11) is 0. The van der Waals surface area contributed by atoms with Gasteiger partial charge in [0.15, 0.2) is 5.82 Å². The van der Waals surface area contributed by atoms with Crippen LogP contribution in [0.2, 0.25) is 0 Å². The first-order chi connectivity index (χ1) is 10.0. The summed E-state index contributed by atoms with van der Waals surface area (Å²) >= 11 is 0. The number of aryl methyl sites for hydroxylation is 3. The summed E-state index contributed by atoms with van der Waals surface area (Å²) in [6.45, 7) is 9.59. The summed E-state index contributed by atoms with van der Waals surface area (Å²) < 4.78 is 13.7. The van der Waals surface area contributed by atoms with Gasteiger partial charge in [-0.2, -0.15) is 0 Å². The van der Waals surface area contributed by atoms with Crippen molar-refractivity contribution < 1.29 is 4.39 Å². The van der Waals surface area contributed by atoms with Crippen molar-refractivity contribution in [2.24, 2.45) is 0 Å². The fraction of sp³-hybridized carbons (Fsp3) is 0.412. The zero-order chi connectivity index (χ0) is 15.4. The van der Waals surface area contributed by atoms with E-state index in [-0.39, 0.29) is 5.82 Å². The van der Waals surface area contributed by atoms with E-state index < -0.39 is 0 Å². The van der Waals surface area contributed by atoms with Gasteiger partial charge in [-0.25, -0.2) is 14.4 Å². The molecule has 3 nitrogen and oxygen atoms in total. The highest BCUT2D eigenvalue weighted by atomic mass is 19.1. The molecule has 0 spiro atoms. The highest BCUT2D eigenvalue weighted by Crippen LogP contribution is 2.21. The maximum Gasteiger partial charge on any atom is 0.159 e. The molecular weight excluding hydrogens is 265 g/mol. The minimum Gasteiger partial charge on any atom is -0.313 e. The first kappa shape index (κ1) is 15.6. The number of rotatable bonds is 5. The Morgan fingerprint density at radius 2 is 1.76 bits per heavy atom. The van der Waals surface area contributed by atoms with Crippen LogP contribution in [0.1, 0.15) is 35.9 Å². The van der Waals surface area contributed by atoms with Gasteiger partial charge in [-0.3, -0.25) is 0 Å². The summed E-state index contributed by atoms with van der Waals surface area (Å²) in [6.07, 6.45) is 1.10. The molecule has 2 aromatic rings. The number of hydrogen-bond donors (Lipinski definition) is 1. The molecule has 0 atom stereocenters. The van der Waals surface area contributed by atoms with Crippen LogP contribution in [-0.2, 0) is 6.54 Å². The van der Waals surface area contributed by atoms with Crippen molar-refractivity contribution in [1.82, 2.24) is 15.3 Å². The van der Waals surface area contributed by atoms with Gasteiger partial charge in [-0.15, -0.1) is 0 Å². The van der Waals surface area contributed by atoms with Crippen LogP contribution in [-0.4, -0.2) is 16.5 Å². The topological polar surface area (TPSA) is 37.8 Å². The molecule has 0 saturated heterocycles. The largest absolute Gasteiger partial charge is 0.313 e. The maximum absolute atomic E-state index is 13.7. The monoisotopic (exact) mass is 287 g/mol. The van der Waals surface area contributed by atoms with Crippen LogP contribution < -0.4 is 5.32 Å². The van der Waals surface area contributed by atoms with Crippen LogP contribution in [0.15, 0.2) is 18.2 Å². The Balaban J connectivity index is 2.32. The molecule has 1 aromatic heterocycles. The number of nitrogens with one attached hydrogen (secondary N) is 1. The van der Waals surface area contributed by atoms with Crippen molar-refractivity contribution in [2.45, 2.75) is 40.7 Å². The molecule has 1 N–H and O–H groups in total. The zero-order valence-electron chi connectivity index (χ0n) is 13.1. The van der Waals surface area contributed by atoms with E-state index in [1.54, 1.807) is 13.0 Å². The lowest BCUT2D eigenvalue weighted by Gasteiger charge is -2.12. The van der Waals surface area contributed by atoms with Gasteiger partial charge in [0.05, 0.1) is 0 Å². The van der Waals surface area contributed by atoms with Crippen LogP contribution in [0, 0.1) is 26.6 Å². The highest BCUT2D eigenvalue weighted by molar-refractivity contribution is 5.56. The molecule has 1 heterocycles. The second-order valence-electron chi connectivity index (χ2n) is 5.34. The Labute approximate surface area is 125 Å². The van der Waals surface area contributed by atoms with Crippen LogP contribution in [0.25, 0.3) is 11.4 Å². The third-order valence-corrected chi connectivity index (χ3v) is 3.58. The van der Waals surface area contributed by atoms with E-state index in [4.69, 9.17) is 0 Å². The zero-order valence-corrected chi connectivity index (χ0v) is 13.1. The summed E-state index contributed by atoms with van der Waals surface area (Å²) in [5.74, 6) is 0.364. The maximum atomic E-state index is 13.7. The molecule has 0 aliphatic rings. The van der Waals surface area contributed by atoms with Crippen molar-refractivity contribution in [2.75, 3.05) is 6.54 Å². The summed E-state index contributed by atoms with van der Waals surface area (Å²) in [5.41, 5.74) is 4.37. The average Bonchev–Trinajstić information content (AvgIpc) is 2.44. The first-order valence-electron chi connectivity index (χ1n) is 7.34. The number of halogens is 1. The van der Waals surface area contributed by atoms with Crippen LogP contribution in [0.5, 0.6) is 0 Å². The Morgan fingerprint density at radius 3 is 2.33 bits per heavy atom. The molecule has 0 amide bonds. The first-order valence-corrected chi connectivity index (χ1v) is 7.34. The van der Waals surface area contributed by atoms with E-state index in [2.05, 4.69) is 22.2 Å². The molecule has 0 fully saturated rings. The smallest absolute Gasteiger partial charge is 0.159 e. The Morgan fingerprint density at radius 1 is 1.10 bits per heavy atom. The lowest BCUT2D eigenvalue weighted by molar-refractivity contribution is 0.619. The molecule has 0 saturated carbocycles. The summed E-state index contributed by atoms with van der Waals surface area (Å²) in [5, 5.41) is 3.37. The van der Waals surface area contributed by atoms with Crippen LogP contribution in [0.3, 0.4) is 0 Å². The van der Waals surface area contributed by atoms with Gasteiger partial charge < -0.3 is 5.32 Å². The highest BCUT2D eigenvalue weighted by Gasteiger charge is 2.11. The van der Waals surface area contributed by atoms with E-state index in [1.165, 1.54) is 6.07 Å². The quantitative estimate of drug-likeness (QED) is 0.852. The van der Waals surface area contributed by atoms with E-state index in [0.717, 1.165) is 42.0 Å². The SMILES string of the molecule is CCCNCc1c(C)nc(-c2ccc(C)c(F)c2)nc1C. The second-order valence-corrected chi connectivity index (χ2v) is 5.34. The minimum absolute atomic E-state index is 0.222. The molecule has 2 rings (SSSR count). The lowest BCUT2D eigenvalue weighted by Crippen LogP contribution is -2.17. The van der Waals surface area contributed by atoms with E-state index in [0.29, 0.717) is 11.4 Å². The fourth-order valence-electron chi connectivity index (χ4n) is 2.25. The molecule has 112 valence electrons. The molecule has 4 heteroatoms. The second kappa shape index (κ2) is 6.76. The third-order valence-electron chi connectivity index (χ3n) is 3.58. The molecule has 0 radical (unpaired) electrons. The molecular formula is C17H22FN3. The number of nitrogens with zero attached hydrogens (tertiary/aromatic N) is 2. The summed E-state index contributed by atoms with van der Waals surface area (Å²) in [4.78, 5) is 9.07. The average molecular weight is 287 g/mol. The fourth-order valence-corrected chi connectivity index (χ4v) is 2.25. The van der Waals surface area contributed by atoms with Gasteiger partial charge in [0.2, 0.25) is 0 Å². The van der Waals surface area contributed by atoms with Gasteiger partial charge in [0.25, 0.3) is 0 Å². The van der Waals surface area contributed by atoms with Gasteiger partial charge in [-0.1, -0.05) is 19.1 Å². The van der Waals surface area contributed by atoms with Crippen molar-refractivity contribution in [3.63, 3.8) is 0 Å². The molecule has 0 bridgehead atoms. The van der Waals surface area contributed by atoms with E-state index in [1.807, 2.05) is 19.9 Å². The normalized spacial score (nSPS) is 10.9. The lowest BCUT2D eigenvalue weighted by atomic mass is 10.1. The van der Waals surface area contributed by atoms with Gasteiger partial charge >= 0.3 is 0 Å². The van der Waals surface area contributed by atoms with Crippen LogP contribution in [0.4, 0.5) is 4.39 Å². The summed E-state index contributed by atoms with van der Waals surface area (Å²) in [6, 6.07) is 5.12. The predicted molar refractivity (Wildman–Crippen MR) is 83.6 cm³/mol. The van der Waals surface area contributed by atoms with Gasteiger partial charge in [0.1, 0.15) is 5.82 Å². The van der Waals surface area contributed by atoms with Crippen LogP contribution >= 0.6 is 0 Å². The van der Waals surface area contributed by atoms with E-state index >= 15 is 0 Å². The van der Waals surface area contributed by atoms with Gasteiger partial charge in [0, 0.05) is 29.1 Å². The molecule has 1 aromatic carbocycles.